The first-order valence-corrected chi connectivity index (χ1v) is 5.78. The molecule has 0 aliphatic heterocycles. The zero-order chi connectivity index (χ0) is 10.2. The van der Waals surface area contributed by atoms with Gasteiger partial charge in [-0.2, -0.15) is 0 Å². The smallest absolute Gasteiger partial charge is 0.0310 e. The van der Waals surface area contributed by atoms with E-state index < -0.39 is 0 Å². The first kappa shape index (κ1) is 11.4. The SMILES string of the molecule is N=C1C=CCCC1.NC1CCCCC1. The second-order valence-corrected chi connectivity index (χ2v) is 4.22. The van der Waals surface area contributed by atoms with E-state index in [0.29, 0.717) is 6.04 Å². The van der Waals surface area contributed by atoms with Crippen LogP contribution in [-0.2, 0) is 0 Å². The summed E-state index contributed by atoms with van der Waals surface area (Å²) in [5.41, 5.74) is 6.42. The van der Waals surface area contributed by atoms with E-state index in [0.717, 1.165) is 12.1 Å². The fourth-order valence-corrected chi connectivity index (χ4v) is 1.85. The Balaban J connectivity index is 0.000000140. The predicted octanol–water partition coefficient (Wildman–Crippen LogP) is 3.02. The average molecular weight is 194 g/mol. The first-order chi connectivity index (χ1) is 6.79. The van der Waals surface area contributed by atoms with Crippen LogP contribution in [0.1, 0.15) is 51.4 Å². The van der Waals surface area contributed by atoms with Gasteiger partial charge in [0.25, 0.3) is 0 Å². The van der Waals surface area contributed by atoms with Crippen molar-refractivity contribution in [3.8, 4) is 0 Å². The highest BCUT2D eigenvalue weighted by atomic mass is 14.6. The summed E-state index contributed by atoms with van der Waals surface area (Å²) in [5.74, 6) is 0. The standard InChI is InChI=1S/C6H13N.C6H9N/c2*7-6-4-2-1-3-5-6/h6H,1-5,7H2;2,4,7H,1,3,5H2. The van der Waals surface area contributed by atoms with Gasteiger partial charge in [0.15, 0.2) is 0 Å². The molecule has 0 unspecified atom stereocenters. The maximum Gasteiger partial charge on any atom is 0.0310 e. The Hall–Kier alpha value is -0.630. The van der Waals surface area contributed by atoms with Gasteiger partial charge in [-0.25, -0.2) is 0 Å². The molecule has 0 saturated heterocycles. The fraction of sp³-hybridized carbons (Fsp3) is 0.750. The molecule has 0 amide bonds. The van der Waals surface area contributed by atoms with E-state index in [9.17, 15) is 0 Å². The van der Waals surface area contributed by atoms with Gasteiger partial charge in [-0.15, -0.1) is 0 Å². The molecular weight excluding hydrogens is 172 g/mol. The van der Waals surface area contributed by atoms with Crippen molar-refractivity contribution in [2.45, 2.75) is 57.4 Å². The Bertz CT molecular complexity index is 190. The second kappa shape index (κ2) is 6.77. The molecule has 14 heavy (non-hydrogen) atoms. The molecule has 0 heterocycles. The summed E-state index contributed by atoms with van der Waals surface area (Å²) in [5, 5.41) is 7.10. The van der Waals surface area contributed by atoms with Gasteiger partial charge in [0.05, 0.1) is 0 Å². The summed E-state index contributed by atoms with van der Waals surface area (Å²) in [6.45, 7) is 0. The molecule has 2 aliphatic rings. The molecule has 2 nitrogen and oxygen atoms in total. The van der Waals surface area contributed by atoms with Gasteiger partial charge in [0.2, 0.25) is 0 Å². The average Bonchev–Trinajstić information content (AvgIpc) is 2.21. The molecule has 0 aromatic carbocycles. The lowest BCUT2D eigenvalue weighted by molar-refractivity contribution is 0.441. The lowest BCUT2D eigenvalue weighted by Crippen LogP contribution is -2.22. The minimum atomic E-state index is 0.536. The van der Waals surface area contributed by atoms with Crippen LogP contribution >= 0.6 is 0 Å². The molecule has 2 aliphatic carbocycles. The van der Waals surface area contributed by atoms with Crippen molar-refractivity contribution >= 4 is 5.71 Å². The highest BCUT2D eigenvalue weighted by Gasteiger charge is 2.06. The molecule has 3 N–H and O–H groups in total. The molecule has 0 spiro atoms. The third-order valence-corrected chi connectivity index (χ3v) is 2.79. The lowest BCUT2D eigenvalue weighted by atomic mass is 9.97. The number of nitrogens with two attached hydrogens (primary N) is 1. The molecule has 0 aromatic heterocycles. The molecule has 1 saturated carbocycles. The molecule has 0 atom stereocenters. The van der Waals surface area contributed by atoms with Crippen molar-refractivity contribution in [1.82, 2.24) is 0 Å². The van der Waals surface area contributed by atoms with Crippen LogP contribution in [0.3, 0.4) is 0 Å². The lowest BCUT2D eigenvalue weighted by Gasteiger charge is -2.15. The zero-order valence-electron chi connectivity index (χ0n) is 8.97. The van der Waals surface area contributed by atoms with Crippen molar-refractivity contribution in [3.05, 3.63) is 12.2 Å². The number of rotatable bonds is 0. The first-order valence-electron chi connectivity index (χ1n) is 5.78. The highest BCUT2D eigenvalue weighted by Crippen LogP contribution is 2.14. The molecule has 0 radical (unpaired) electrons. The highest BCUT2D eigenvalue weighted by molar-refractivity contribution is 5.92. The van der Waals surface area contributed by atoms with Crippen LogP contribution in [-0.4, -0.2) is 11.8 Å². The number of hydrogen-bond acceptors (Lipinski definition) is 2. The van der Waals surface area contributed by atoms with Crippen LogP contribution in [0.5, 0.6) is 0 Å². The van der Waals surface area contributed by atoms with Crippen molar-refractivity contribution in [3.63, 3.8) is 0 Å². The summed E-state index contributed by atoms with van der Waals surface area (Å²) in [6, 6.07) is 0.536. The van der Waals surface area contributed by atoms with Gasteiger partial charge in [0.1, 0.15) is 0 Å². The van der Waals surface area contributed by atoms with Crippen molar-refractivity contribution < 1.29 is 0 Å². The van der Waals surface area contributed by atoms with Gasteiger partial charge in [-0.3, -0.25) is 0 Å². The van der Waals surface area contributed by atoms with E-state index >= 15 is 0 Å². The summed E-state index contributed by atoms with van der Waals surface area (Å²) >= 11 is 0. The maximum absolute atomic E-state index is 7.10. The summed E-state index contributed by atoms with van der Waals surface area (Å²) in [7, 11) is 0. The zero-order valence-corrected chi connectivity index (χ0v) is 8.97. The Morgan fingerprint density at radius 3 is 2.14 bits per heavy atom. The summed E-state index contributed by atoms with van der Waals surface area (Å²) in [4.78, 5) is 0. The largest absolute Gasteiger partial charge is 0.328 e. The van der Waals surface area contributed by atoms with Crippen LogP contribution in [0.25, 0.3) is 0 Å². The summed E-state index contributed by atoms with van der Waals surface area (Å²) in [6.07, 6.45) is 13.9. The third-order valence-electron chi connectivity index (χ3n) is 2.79. The molecule has 1 fully saturated rings. The summed E-state index contributed by atoms with van der Waals surface area (Å²) < 4.78 is 0. The van der Waals surface area contributed by atoms with Crippen LogP contribution < -0.4 is 5.73 Å². The van der Waals surface area contributed by atoms with Crippen LogP contribution in [0.4, 0.5) is 0 Å². The number of nitrogens with one attached hydrogen (secondary N) is 1. The van der Waals surface area contributed by atoms with Crippen molar-refractivity contribution in [2.75, 3.05) is 0 Å². The van der Waals surface area contributed by atoms with E-state index in [4.69, 9.17) is 11.1 Å². The number of allylic oxidation sites excluding steroid dienone is 2. The van der Waals surface area contributed by atoms with E-state index in [-0.39, 0.29) is 0 Å². The van der Waals surface area contributed by atoms with Gasteiger partial charge in [-0.1, -0.05) is 25.3 Å². The van der Waals surface area contributed by atoms with Crippen LogP contribution in [0.2, 0.25) is 0 Å². The Kier molecular flexibility index (Phi) is 5.53. The van der Waals surface area contributed by atoms with Gasteiger partial charge < -0.3 is 11.1 Å². The van der Waals surface area contributed by atoms with Gasteiger partial charge >= 0.3 is 0 Å². The van der Waals surface area contributed by atoms with Crippen molar-refractivity contribution in [1.29, 1.82) is 5.41 Å². The molecule has 2 heteroatoms. The Morgan fingerprint density at radius 2 is 1.86 bits per heavy atom. The second-order valence-electron chi connectivity index (χ2n) is 4.22. The molecule has 0 aromatic rings. The monoisotopic (exact) mass is 194 g/mol. The molecule has 0 bridgehead atoms. The van der Waals surface area contributed by atoms with Crippen molar-refractivity contribution in [2.24, 2.45) is 5.73 Å². The van der Waals surface area contributed by atoms with Gasteiger partial charge in [0, 0.05) is 11.8 Å². The van der Waals surface area contributed by atoms with E-state index in [1.165, 1.54) is 44.9 Å². The normalized spacial score (nSPS) is 22.8. The van der Waals surface area contributed by atoms with E-state index in [1.807, 2.05) is 6.08 Å². The third kappa shape index (κ3) is 5.18. The minimum absolute atomic E-state index is 0.536. The quantitative estimate of drug-likeness (QED) is 0.612. The maximum atomic E-state index is 7.10. The Labute approximate surface area is 87.1 Å². The fourth-order valence-electron chi connectivity index (χ4n) is 1.85. The van der Waals surface area contributed by atoms with Crippen LogP contribution in [0.15, 0.2) is 12.2 Å². The minimum Gasteiger partial charge on any atom is -0.328 e. The topological polar surface area (TPSA) is 49.9 Å². The predicted molar refractivity (Wildman–Crippen MR) is 61.8 cm³/mol. The number of hydrogen-bond donors (Lipinski definition) is 2. The van der Waals surface area contributed by atoms with Gasteiger partial charge in [-0.05, 0) is 38.2 Å². The van der Waals surface area contributed by atoms with E-state index in [2.05, 4.69) is 6.08 Å². The molecule has 80 valence electrons. The molecular formula is C12H22N2. The van der Waals surface area contributed by atoms with E-state index in [1.54, 1.807) is 0 Å². The van der Waals surface area contributed by atoms with Crippen LogP contribution in [0, 0.1) is 5.41 Å². The molecule has 2 rings (SSSR count). The Morgan fingerprint density at radius 1 is 1.14 bits per heavy atom.